The van der Waals surface area contributed by atoms with Crippen LogP contribution < -0.4 is 0 Å². The molecule has 0 bridgehead atoms. The Morgan fingerprint density at radius 3 is 2.13 bits per heavy atom. The van der Waals surface area contributed by atoms with E-state index < -0.39 is 0 Å². The maximum absolute atomic E-state index is 9.75. The first-order valence-corrected chi connectivity index (χ1v) is 6.88. The minimum Gasteiger partial charge on any atom is -0.393 e. The lowest BCUT2D eigenvalue weighted by Gasteiger charge is -2.14. The molecule has 2 unspecified atom stereocenters. The summed E-state index contributed by atoms with van der Waals surface area (Å²) >= 11 is 0. The molecule has 0 radical (unpaired) electrons. The van der Waals surface area contributed by atoms with E-state index in [4.69, 9.17) is 0 Å². The van der Waals surface area contributed by atoms with Crippen LogP contribution in [0.1, 0.15) is 78.6 Å². The SMILES string of the molecule is CCCCCCCCC(O)CC(C)CC. The van der Waals surface area contributed by atoms with E-state index in [-0.39, 0.29) is 6.10 Å². The van der Waals surface area contributed by atoms with Gasteiger partial charge >= 0.3 is 0 Å². The molecule has 0 aliphatic rings. The fourth-order valence-corrected chi connectivity index (χ4v) is 1.91. The fourth-order valence-electron chi connectivity index (χ4n) is 1.91. The molecule has 1 N–H and O–H groups in total. The molecule has 0 saturated heterocycles. The highest BCUT2D eigenvalue weighted by Gasteiger charge is 2.08. The van der Waals surface area contributed by atoms with Gasteiger partial charge in [-0.1, -0.05) is 65.7 Å². The third kappa shape index (κ3) is 10.2. The summed E-state index contributed by atoms with van der Waals surface area (Å²) in [6.07, 6.45) is 11.1. The zero-order valence-electron chi connectivity index (χ0n) is 11.0. The van der Waals surface area contributed by atoms with Crippen LogP contribution in [0.15, 0.2) is 0 Å². The number of aliphatic hydroxyl groups excluding tert-OH is 1. The van der Waals surface area contributed by atoms with Gasteiger partial charge in [0.25, 0.3) is 0 Å². The van der Waals surface area contributed by atoms with Crippen LogP contribution in [0, 0.1) is 5.92 Å². The number of rotatable bonds is 10. The summed E-state index contributed by atoms with van der Waals surface area (Å²) in [5.74, 6) is 0.681. The van der Waals surface area contributed by atoms with Gasteiger partial charge in [-0.25, -0.2) is 0 Å². The lowest BCUT2D eigenvalue weighted by molar-refractivity contribution is 0.132. The lowest BCUT2D eigenvalue weighted by Crippen LogP contribution is -2.11. The molecule has 15 heavy (non-hydrogen) atoms. The fraction of sp³-hybridized carbons (Fsp3) is 1.00. The van der Waals surface area contributed by atoms with Crippen molar-refractivity contribution in [1.82, 2.24) is 0 Å². The van der Waals surface area contributed by atoms with E-state index in [2.05, 4.69) is 20.8 Å². The van der Waals surface area contributed by atoms with E-state index in [1.807, 2.05) is 0 Å². The van der Waals surface area contributed by atoms with Crippen molar-refractivity contribution in [3.63, 3.8) is 0 Å². The monoisotopic (exact) mass is 214 g/mol. The summed E-state index contributed by atoms with van der Waals surface area (Å²) in [6.45, 7) is 6.67. The highest BCUT2D eigenvalue weighted by molar-refractivity contribution is 4.60. The van der Waals surface area contributed by atoms with Gasteiger partial charge in [0.05, 0.1) is 6.10 Å². The highest BCUT2D eigenvalue weighted by atomic mass is 16.3. The van der Waals surface area contributed by atoms with Gasteiger partial charge in [-0.05, 0) is 18.8 Å². The van der Waals surface area contributed by atoms with Crippen LogP contribution in [0.4, 0.5) is 0 Å². The zero-order valence-corrected chi connectivity index (χ0v) is 11.0. The summed E-state index contributed by atoms with van der Waals surface area (Å²) in [7, 11) is 0. The Morgan fingerprint density at radius 1 is 0.933 bits per heavy atom. The highest BCUT2D eigenvalue weighted by Crippen LogP contribution is 2.15. The molecule has 1 nitrogen and oxygen atoms in total. The Kier molecular flexibility index (Phi) is 10.4. The van der Waals surface area contributed by atoms with Gasteiger partial charge in [-0.2, -0.15) is 0 Å². The zero-order chi connectivity index (χ0) is 11.5. The van der Waals surface area contributed by atoms with Gasteiger partial charge in [0.1, 0.15) is 0 Å². The van der Waals surface area contributed by atoms with E-state index in [9.17, 15) is 5.11 Å². The molecule has 0 aromatic heterocycles. The van der Waals surface area contributed by atoms with Gasteiger partial charge in [-0.15, -0.1) is 0 Å². The van der Waals surface area contributed by atoms with Gasteiger partial charge in [0, 0.05) is 0 Å². The normalized spacial score (nSPS) is 15.2. The van der Waals surface area contributed by atoms with Gasteiger partial charge in [0.15, 0.2) is 0 Å². The molecule has 0 aliphatic carbocycles. The van der Waals surface area contributed by atoms with Crippen molar-refractivity contribution in [3.05, 3.63) is 0 Å². The van der Waals surface area contributed by atoms with Gasteiger partial charge in [0.2, 0.25) is 0 Å². The molecule has 0 heterocycles. The lowest BCUT2D eigenvalue weighted by atomic mass is 9.97. The van der Waals surface area contributed by atoms with Crippen molar-refractivity contribution in [1.29, 1.82) is 0 Å². The molecule has 0 fully saturated rings. The second-order valence-electron chi connectivity index (χ2n) is 4.96. The Bertz CT molecular complexity index is 123. The van der Waals surface area contributed by atoms with Crippen LogP contribution in [0.25, 0.3) is 0 Å². The predicted molar refractivity (Wildman–Crippen MR) is 68.1 cm³/mol. The Labute approximate surface area is 96.3 Å². The topological polar surface area (TPSA) is 20.2 Å². The molecule has 0 rings (SSSR count). The molecular weight excluding hydrogens is 184 g/mol. The minimum atomic E-state index is -0.0499. The van der Waals surface area contributed by atoms with E-state index in [0.717, 1.165) is 12.8 Å². The molecule has 92 valence electrons. The van der Waals surface area contributed by atoms with Crippen LogP contribution in [0.3, 0.4) is 0 Å². The number of hydrogen-bond acceptors (Lipinski definition) is 1. The van der Waals surface area contributed by atoms with Crippen molar-refractivity contribution >= 4 is 0 Å². The van der Waals surface area contributed by atoms with Crippen LogP contribution >= 0.6 is 0 Å². The van der Waals surface area contributed by atoms with Crippen LogP contribution in [0.5, 0.6) is 0 Å². The molecule has 0 aromatic rings. The van der Waals surface area contributed by atoms with Crippen LogP contribution in [-0.4, -0.2) is 11.2 Å². The first-order valence-electron chi connectivity index (χ1n) is 6.88. The largest absolute Gasteiger partial charge is 0.393 e. The molecule has 0 aliphatic heterocycles. The summed E-state index contributed by atoms with van der Waals surface area (Å²) in [5.41, 5.74) is 0. The van der Waals surface area contributed by atoms with Crippen molar-refractivity contribution < 1.29 is 5.11 Å². The van der Waals surface area contributed by atoms with E-state index in [0.29, 0.717) is 5.92 Å². The van der Waals surface area contributed by atoms with Crippen molar-refractivity contribution in [2.24, 2.45) is 5.92 Å². The second-order valence-corrected chi connectivity index (χ2v) is 4.96. The second kappa shape index (κ2) is 10.5. The quantitative estimate of drug-likeness (QED) is 0.530. The smallest absolute Gasteiger partial charge is 0.0542 e. The van der Waals surface area contributed by atoms with E-state index in [1.54, 1.807) is 0 Å². The first kappa shape index (κ1) is 15.0. The first-order chi connectivity index (χ1) is 7.20. The van der Waals surface area contributed by atoms with Gasteiger partial charge < -0.3 is 5.11 Å². The van der Waals surface area contributed by atoms with Crippen molar-refractivity contribution in [3.8, 4) is 0 Å². The maximum Gasteiger partial charge on any atom is 0.0542 e. The third-order valence-electron chi connectivity index (χ3n) is 3.26. The predicted octanol–water partition coefficient (Wildman–Crippen LogP) is 4.53. The average Bonchev–Trinajstić information content (AvgIpc) is 2.23. The van der Waals surface area contributed by atoms with Crippen LogP contribution in [-0.2, 0) is 0 Å². The molecule has 0 saturated carbocycles. The summed E-state index contributed by atoms with van der Waals surface area (Å²) in [5, 5.41) is 9.75. The average molecular weight is 214 g/mol. The molecular formula is C14H30O. The molecule has 0 amide bonds. The Hall–Kier alpha value is -0.0400. The standard InChI is InChI=1S/C14H30O/c1-4-6-7-8-9-10-11-14(15)12-13(3)5-2/h13-15H,4-12H2,1-3H3. The molecule has 0 spiro atoms. The van der Waals surface area contributed by atoms with Crippen molar-refractivity contribution in [2.75, 3.05) is 0 Å². The molecule has 0 aromatic carbocycles. The molecule has 1 heteroatoms. The van der Waals surface area contributed by atoms with Crippen LogP contribution in [0.2, 0.25) is 0 Å². The summed E-state index contributed by atoms with van der Waals surface area (Å²) < 4.78 is 0. The summed E-state index contributed by atoms with van der Waals surface area (Å²) in [4.78, 5) is 0. The van der Waals surface area contributed by atoms with E-state index >= 15 is 0 Å². The number of unbranched alkanes of at least 4 members (excludes halogenated alkanes) is 5. The van der Waals surface area contributed by atoms with Gasteiger partial charge in [-0.3, -0.25) is 0 Å². The van der Waals surface area contributed by atoms with E-state index in [1.165, 1.54) is 44.9 Å². The number of aliphatic hydroxyl groups is 1. The van der Waals surface area contributed by atoms with Crippen molar-refractivity contribution in [2.45, 2.75) is 84.7 Å². The Morgan fingerprint density at radius 2 is 1.53 bits per heavy atom. The summed E-state index contributed by atoms with van der Waals surface area (Å²) in [6, 6.07) is 0. The third-order valence-corrected chi connectivity index (χ3v) is 3.26. The minimum absolute atomic E-state index is 0.0499. The molecule has 2 atom stereocenters. The number of hydrogen-bond donors (Lipinski definition) is 1. The Balaban J connectivity index is 3.20. The maximum atomic E-state index is 9.75.